The highest BCUT2D eigenvalue weighted by molar-refractivity contribution is 6.30. The molecule has 29 heavy (non-hydrogen) atoms. The third-order valence-corrected chi connectivity index (χ3v) is 6.15. The van der Waals surface area contributed by atoms with Gasteiger partial charge in [-0.2, -0.15) is 0 Å². The fraction of sp³-hybridized carbons (Fsp3) is 0.364. The molecule has 5 nitrogen and oxygen atoms in total. The normalized spacial score (nSPS) is 21.5. The predicted octanol–water partition coefficient (Wildman–Crippen LogP) is 3.34. The topological polar surface area (TPSA) is 60.9 Å². The van der Waals surface area contributed by atoms with E-state index in [0.29, 0.717) is 31.0 Å². The second kappa shape index (κ2) is 7.76. The average Bonchev–Trinajstić information content (AvgIpc) is 3.10. The van der Waals surface area contributed by atoms with Gasteiger partial charge in [-0.05, 0) is 42.7 Å². The predicted molar refractivity (Wildman–Crippen MR) is 108 cm³/mol. The number of benzene rings is 2. The summed E-state index contributed by atoms with van der Waals surface area (Å²) in [6.07, 6.45) is 0.904. The summed E-state index contributed by atoms with van der Waals surface area (Å²) in [5, 5.41) is 11.6. The van der Waals surface area contributed by atoms with Crippen molar-refractivity contribution in [2.45, 2.75) is 24.9 Å². The number of carbonyl (C=O) groups is 2. The van der Waals surface area contributed by atoms with E-state index in [1.54, 1.807) is 35.2 Å². The van der Waals surface area contributed by atoms with Crippen molar-refractivity contribution in [2.24, 2.45) is 5.92 Å². The zero-order chi connectivity index (χ0) is 20.6. The maximum atomic E-state index is 14.0. The number of likely N-dealkylation sites (tertiary alicyclic amines) is 1. The number of para-hydroxylation sites is 1. The van der Waals surface area contributed by atoms with Crippen LogP contribution in [-0.4, -0.2) is 41.5 Å². The second-order valence-electron chi connectivity index (χ2n) is 7.72. The molecule has 2 aromatic carbocycles. The third-order valence-electron chi connectivity index (χ3n) is 5.90. The van der Waals surface area contributed by atoms with Gasteiger partial charge in [0.05, 0.1) is 17.2 Å². The van der Waals surface area contributed by atoms with Crippen LogP contribution in [0.4, 0.5) is 10.1 Å². The largest absolute Gasteiger partial charge is 0.385 e. The Kier molecular flexibility index (Phi) is 5.32. The number of carbonyl (C=O) groups excluding carboxylic acids is 2. The Bertz CT molecular complexity index is 926. The van der Waals surface area contributed by atoms with Crippen LogP contribution in [0.15, 0.2) is 48.5 Å². The lowest BCUT2D eigenvalue weighted by molar-refractivity contribution is -0.140. The SMILES string of the molecule is O=C(C1CC(=O)N(c2ccccc2F)C1)N1CCC(O)(c2ccc(Cl)cc2)CC1. The molecule has 2 aliphatic rings. The molecule has 0 radical (unpaired) electrons. The lowest BCUT2D eigenvalue weighted by Gasteiger charge is -2.39. The number of aliphatic hydroxyl groups is 1. The Balaban J connectivity index is 1.41. The van der Waals surface area contributed by atoms with Gasteiger partial charge < -0.3 is 14.9 Å². The van der Waals surface area contributed by atoms with Gasteiger partial charge in [0, 0.05) is 31.1 Å². The zero-order valence-corrected chi connectivity index (χ0v) is 16.6. The van der Waals surface area contributed by atoms with Crippen LogP contribution in [0, 0.1) is 11.7 Å². The molecule has 2 aromatic rings. The highest BCUT2D eigenvalue weighted by Gasteiger charge is 2.41. The molecule has 0 saturated carbocycles. The molecule has 1 atom stereocenters. The molecule has 7 heteroatoms. The van der Waals surface area contributed by atoms with E-state index in [1.165, 1.54) is 11.0 Å². The van der Waals surface area contributed by atoms with Gasteiger partial charge in [0.1, 0.15) is 5.82 Å². The first-order chi connectivity index (χ1) is 13.9. The fourth-order valence-electron chi connectivity index (χ4n) is 4.18. The molecule has 1 N–H and O–H groups in total. The summed E-state index contributed by atoms with van der Waals surface area (Å²) in [5.41, 5.74) is 0.00540. The van der Waals surface area contributed by atoms with Crippen LogP contribution in [-0.2, 0) is 15.2 Å². The Hall–Kier alpha value is -2.44. The van der Waals surface area contributed by atoms with Crippen molar-refractivity contribution in [3.8, 4) is 0 Å². The van der Waals surface area contributed by atoms with Crippen molar-refractivity contribution in [3.05, 3.63) is 64.9 Å². The summed E-state index contributed by atoms with van der Waals surface area (Å²) in [7, 11) is 0. The van der Waals surface area contributed by atoms with Crippen LogP contribution in [0.1, 0.15) is 24.8 Å². The van der Waals surface area contributed by atoms with E-state index in [-0.39, 0.29) is 30.5 Å². The molecule has 2 saturated heterocycles. The molecule has 2 aliphatic heterocycles. The summed E-state index contributed by atoms with van der Waals surface area (Å²) in [5.74, 6) is -1.33. The van der Waals surface area contributed by atoms with E-state index in [4.69, 9.17) is 11.6 Å². The number of anilines is 1. The van der Waals surface area contributed by atoms with Gasteiger partial charge in [-0.15, -0.1) is 0 Å². The summed E-state index contributed by atoms with van der Waals surface area (Å²) in [6.45, 7) is 0.987. The first-order valence-corrected chi connectivity index (χ1v) is 10.1. The lowest BCUT2D eigenvalue weighted by atomic mass is 9.84. The smallest absolute Gasteiger partial charge is 0.228 e. The summed E-state index contributed by atoms with van der Waals surface area (Å²) < 4.78 is 14.0. The van der Waals surface area contributed by atoms with Crippen LogP contribution in [0.25, 0.3) is 0 Å². The van der Waals surface area contributed by atoms with E-state index >= 15 is 0 Å². The quantitative estimate of drug-likeness (QED) is 0.834. The van der Waals surface area contributed by atoms with Gasteiger partial charge in [-0.3, -0.25) is 9.59 Å². The minimum absolute atomic E-state index is 0.0745. The third kappa shape index (κ3) is 3.87. The molecule has 152 valence electrons. The van der Waals surface area contributed by atoms with Gasteiger partial charge in [0.25, 0.3) is 0 Å². The molecule has 2 amide bonds. The Morgan fingerprint density at radius 3 is 2.41 bits per heavy atom. The highest BCUT2D eigenvalue weighted by atomic mass is 35.5. The van der Waals surface area contributed by atoms with E-state index in [2.05, 4.69) is 0 Å². The molecule has 0 aromatic heterocycles. The summed E-state index contributed by atoms with van der Waals surface area (Å²) >= 11 is 5.92. The fourth-order valence-corrected chi connectivity index (χ4v) is 4.31. The minimum Gasteiger partial charge on any atom is -0.385 e. The molecule has 1 unspecified atom stereocenters. The molecule has 2 heterocycles. The Labute approximate surface area is 173 Å². The Morgan fingerprint density at radius 1 is 1.10 bits per heavy atom. The van der Waals surface area contributed by atoms with Crippen molar-refractivity contribution in [3.63, 3.8) is 0 Å². The number of hydrogen-bond donors (Lipinski definition) is 1. The van der Waals surface area contributed by atoms with Gasteiger partial charge in [0.15, 0.2) is 0 Å². The zero-order valence-electron chi connectivity index (χ0n) is 15.9. The standard InChI is InChI=1S/C22H22ClFN2O3/c23-17-7-5-16(6-8-17)22(29)9-11-25(12-10-22)21(28)15-13-20(27)26(14-15)19-4-2-1-3-18(19)24/h1-8,15,29H,9-14H2. The molecular formula is C22H22ClFN2O3. The number of rotatable bonds is 3. The van der Waals surface area contributed by atoms with Crippen molar-refractivity contribution < 1.29 is 19.1 Å². The molecule has 2 fully saturated rings. The van der Waals surface area contributed by atoms with Crippen LogP contribution in [0.2, 0.25) is 5.02 Å². The maximum Gasteiger partial charge on any atom is 0.228 e. The van der Waals surface area contributed by atoms with Crippen molar-refractivity contribution in [2.75, 3.05) is 24.5 Å². The molecule has 0 bridgehead atoms. The van der Waals surface area contributed by atoms with E-state index in [0.717, 1.165) is 5.56 Å². The monoisotopic (exact) mass is 416 g/mol. The second-order valence-corrected chi connectivity index (χ2v) is 8.16. The number of hydrogen-bond acceptors (Lipinski definition) is 3. The van der Waals surface area contributed by atoms with Crippen LogP contribution in [0.3, 0.4) is 0 Å². The van der Waals surface area contributed by atoms with Crippen molar-refractivity contribution >= 4 is 29.1 Å². The molecular weight excluding hydrogens is 395 g/mol. The van der Waals surface area contributed by atoms with Crippen molar-refractivity contribution in [1.29, 1.82) is 0 Å². The summed E-state index contributed by atoms with van der Waals surface area (Å²) in [4.78, 5) is 28.4. The number of halogens is 2. The first kappa shape index (κ1) is 19.9. The van der Waals surface area contributed by atoms with E-state index < -0.39 is 17.3 Å². The first-order valence-electron chi connectivity index (χ1n) is 9.69. The van der Waals surface area contributed by atoms with E-state index in [1.807, 2.05) is 12.1 Å². The molecule has 0 aliphatic carbocycles. The van der Waals surface area contributed by atoms with E-state index in [9.17, 15) is 19.1 Å². The van der Waals surface area contributed by atoms with Crippen LogP contribution >= 0.6 is 11.6 Å². The lowest BCUT2D eigenvalue weighted by Crippen LogP contribution is -2.47. The highest BCUT2D eigenvalue weighted by Crippen LogP contribution is 2.35. The molecule has 4 rings (SSSR count). The Morgan fingerprint density at radius 2 is 1.76 bits per heavy atom. The number of nitrogens with zero attached hydrogens (tertiary/aromatic N) is 2. The average molecular weight is 417 g/mol. The van der Waals surface area contributed by atoms with Crippen LogP contribution < -0.4 is 4.90 Å². The summed E-state index contributed by atoms with van der Waals surface area (Å²) in [6, 6.07) is 13.2. The number of amides is 2. The maximum absolute atomic E-state index is 14.0. The van der Waals surface area contributed by atoms with Crippen LogP contribution in [0.5, 0.6) is 0 Å². The number of piperidine rings is 1. The van der Waals surface area contributed by atoms with Gasteiger partial charge in [-0.25, -0.2) is 4.39 Å². The van der Waals surface area contributed by atoms with Crippen molar-refractivity contribution in [1.82, 2.24) is 4.90 Å². The minimum atomic E-state index is -0.994. The molecule has 0 spiro atoms. The van der Waals surface area contributed by atoms with Gasteiger partial charge in [-0.1, -0.05) is 35.9 Å². The van der Waals surface area contributed by atoms with Gasteiger partial charge >= 0.3 is 0 Å². The van der Waals surface area contributed by atoms with Gasteiger partial charge in [0.2, 0.25) is 11.8 Å².